The largest absolute Gasteiger partial charge is 0.489 e. The summed E-state index contributed by atoms with van der Waals surface area (Å²) in [5.41, 5.74) is 2.27. The first-order chi connectivity index (χ1) is 15.0. The van der Waals surface area contributed by atoms with E-state index in [0.29, 0.717) is 16.3 Å². The van der Waals surface area contributed by atoms with Crippen LogP contribution in [0.5, 0.6) is 5.75 Å². The number of carboxylic acids is 1. The van der Waals surface area contributed by atoms with Crippen LogP contribution in [0.3, 0.4) is 0 Å². The van der Waals surface area contributed by atoms with Gasteiger partial charge in [-0.15, -0.1) is 0 Å². The molecule has 6 nitrogen and oxygen atoms in total. The molecule has 1 aliphatic heterocycles. The zero-order valence-electron chi connectivity index (χ0n) is 16.2. The van der Waals surface area contributed by atoms with Gasteiger partial charge in [0, 0.05) is 0 Å². The topological polar surface area (TPSA) is 83.9 Å². The monoisotopic (exact) mass is 431 g/mol. The Balaban J connectivity index is 1.43. The second-order valence-corrected chi connectivity index (χ2v) is 7.71. The molecule has 31 heavy (non-hydrogen) atoms. The van der Waals surface area contributed by atoms with Gasteiger partial charge in [-0.2, -0.15) is 0 Å². The number of nitrogens with zero attached hydrogens (tertiary/aromatic N) is 1. The highest BCUT2D eigenvalue weighted by Crippen LogP contribution is 2.35. The average Bonchev–Trinajstić information content (AvgIpc) is 3.06. The number of imide groups is 1. The zero-order valence-corrected chi connectivity index (χ0v) is 17.0. The molecule has 7 heteroatoms. The minimum absolute atomic E-state index is 0.209. The standard InChI is InChI=1S/C24H17NO5S/c26-22-21(31-24(29)25(22)19-7-2-1-3-8-19)14-16-9-11-20(12-10-16)30-15-17-5-4-6-18(13-17)23(27)28/h1-14H,15H2,(H,27,28)/b21-14+. The summed E-state index contributed by atoms with van der Waals surface area (Å²) in [6, 6.07) is 22.5. The molecular formula is C24H17NO5S. The number of hydrogen-bond acceptors (Lipinski definition) is 5. The van der Waals surface area contributed by atoms with Crippen LogP contribution in [-0.2, 0) is 11.4 Å². The van der Waals surface area contributed by atoms with Gasteiger partial charge in [-0.25, -0.2) is 9.69 Å². The normalized spacial score (nSPS) is 14.8. The molecule has 0 unspecified atom stereocenters. The van der Waals surface area contributed by atoms with E-state index in [9.17, 15) is 14.4 Å². The molecule has 1 saturated heterocycles. The van der Waals surface area contributed by atoms with Crippen molar-refractivity contribution in [2.45, 2.75) is 6.61 Å². The molecule has 3 aromatic carbocycles. The first kappa shape index (κ1) is 20.4. The summed E-state index contributed by atoms with van der Waals surface area (Å²) < 4.78 is 5.72. The van der Waals surface area contributed by atoms with E-state index in [1.807, 2.05) is 6.07 Å². The molecule has 154 valence electrons. The highest BCUT2D eigenvalue weighted by Gasteiger charge is 2.36. The maximum atomic E-state index is 12.7. The highest BCUT2D eigenvalue weighted by molar-refractivity contribution is 8.19. The van der Waals surface area contributed by atoms with Gasteiger partial charge in [0.2, 0.25) is 0 Å². The van der Waals surface area contributed by atoms with Crippen LogP contribution in [-0.4, -0.2) is 22.2 Å². The van der Waals surface area contributed by atoms with Crippen molar-refractivity contribution in [3.8, 4) is 5.75 Å². The molecule has 2 amide bonds. The lowest BCUT2D eigenvalue weighted by Crippen LogP contribution is -2.27. The van der Waals surface area contributed by atoms with Crippen molar-refractivity contribution in [2.24, 2.45) is 0 Å². The predicted molar refractivity (Wildman–Crippen MR) is 119 cm³/mol. The summed E-state index contributed by atoms with van der Waals surface area (Å²) in [5.74, 6) is -0.724. The number of hydrogen-bond donors (Lipinski definition) is 1. The molecule has 0 spiro atoms. The van der Waals surface area contributed by atoms with E-state index in [0.717, 1.165) is 22.9 Å². The SMILES string of the molecule is O=C(O)c1cccc(COc2ccc(/C=C3/SC(=O)N(c4ccccc4)C3=O)cc2)c1. The summed E-state index contributed by atoms with van der Waals surface area (Å²) in [5, 5.41) is 8.73. The third kappa shape index (κ3) is 4.67. The maximum absolute atomic E-state index is 12.7. The van der Waals surface area contributed by atoms with Crippen LogP contribution >= 0.6 is 11.8 Å². The smallest absolute Gasteiger partial charge is 0.335 e. The molecule has 1 N–H and O–H groups in total. The van der Waals surface area contributed by atoms with Gasteiger partial charge in [-0.05, 0) is 65.4 Å². The Morgan fingerprint density at radius 1 is 0.968 bits per heavy atom. The van der Waals surface area contributed by atoms with E-state index in [1.165, 1.54) is 11.0 Å². The van der Waals surface area contributed by atoms with E-state index in [2.05, 4.69) is 0 Å². The minimum Gasteiger partial charge on any atom is -0.489 e. The molecule has 0 saturated carbocycles. The Kier molecular flexibility index (Phi) is 5.86. The number of aromatic carboxylic acids is 1. The van der Waals surface area contributed by atoms with Crippen LogP contribution in [0.15, 0.2) is 83.8 Å². The van der Waals surface area contributed by atoms with Gasteiger partial charge in [0.05, 0.1) is 16.2 Å². The average molecular weight is 431 g/mol. The third-order valence-corrected chi connectivity index (χ3v) is 5.43. The van der Waals surface area contributed by atoms with Crippen LogP contribution < -0.4 is 9.64 Å². The number of carboxylic acid groups (broad SMARTS) is 1. The second-order valence-electron chi connectivity index (χ2n) is 6.72. The number of benzene rings is 3. The third-order valence-electron chi connectivity index (χ3n) is 4.57. The van der Waals surface area contributed by atoms with Gasteiger partial charge >= 0.3 is 5.97 Å². The second kappa shape index (κ2) is 8.89. The molecule has 1 fully saturated rings. The Morgan fingerprint density at radius 3 is 2.42 bits per heavy atom. The molecule has 0 radical (unpaired) electrons. The predicted octanol–water partition coefficient (Wildman–Crippen LogP) is 5.20. The van der Waals surface area contributed by atoms with Gasteiger partial charge in [0.25, 0.3) is 11.1 Å². The lowest BCUT2D eigenvalue weighted by Gasteiger charge is -2.11. The first-order valence-corrected chi connectivity index (χ1v) is 10.2. The number of carbonyl (C=O) groups is 3. The maximum Gasteiger partial charge on any atom is 0.335 e. The van der Waals surface area contributed by atoms with Gasteiger partial charge in [0.15, 0.2) is 0 Å². The molecule has 0 aromatic heterocycles. The Hall–Kier alpha value is -3.84. The van der Waals surface area contributed by atoms with Crippen LogP contribution in [0.4, 0.5) is 10.5 Å². The summed E-state index contributed by atoms with van der Waals surface area (Å²) in [6.45, 7) is 0.233. The van der Waals surface area contributed by atoms with Crippen LogP contribution in [0.2, 0.25) is 0 Å². The lowest BCUT2D eigenvalue weighted by atomic mass is 10.1. The molecule has 0 bridgehead atoms. The quantitative estimate of drug-likeness (QED) is 0.540. The summed E-state index contributed by atoms with van der Waals surface area (Å²) in [7, 11) is 0. The number of thioether (sulfide) groups is 1. The molecule has 0 aliphatic carbocycles. The number of ether oxygens (including phenoxy) is 1. The lowest BCUT2D eigenvalue weighted by molar-refractivity contribution is -0.113. The van der Waals surface area contributed by atoms with E-state index >= 15 is 0 Å². The molecular weight excluding hydrogens is 414 g/mol. The molecule has 0 atom stereocenters. The van der Waals surface area contributed by atoms with E-state index < -0.39 is 5.97 Å². The minimum atomic E-state index is -0.983. The Labute approximate surface area is 182 Å². The van der Waals surface area contributed by atoms with Gasteiger partial charge in [0.1, 0.15) is 12.4 Å². The Morgan fingerprint density at radius 2 is 1.71 bits per heavy atom. The van der Waals surface area contributed by atoms with Crippen molar-refractivity contribution in [3.05, 3.63) is 100 Å². The van der Waals surface area contributed by atoms with E-state index in [-0.39, 0.29) is 23.3 Å². The summed E-state index contributed by atoms with van der Waals surface area (Å²) >= 11 is 0.906. The van der Waals surface area contributed by atoms with Crippen LogP contribution in [0.25, 0.3) is 6.08 Å². The first-order valence-electron chi connectivity index (χ1n) is 9.39. The van der Waals surface area contributed by atoms with Gasteiger partial charge in [-0.3, -0.25) is 9.59 Å². The fraction of sp³-hybridized carbons (Fsp3) is 0.0417. The fourth-order valence-corrected chi connectivity index (χ4v) is 3.88. The van der Waals surface area contributed by atoms with Crippen LogP contribution in [0.1, 0.15) is 21.5 Å². The molecule has 3 aromatic rings. The van der Waals surface area contributed by atoms with Crippen LogP contribution in [0, 0.1) is 0 Å². The number of amides is 2. The van der Waals surface area contributed by atoms with Gasteiger partial charge < -0.3 is 9.84 Å². The molecule has 1 aliphatic rings. The van der Waals surface area contributed by atoms with Crippen molar-refractivity contribution in [2.75, 3.05) is 4.90 Å². The van der Waals surface area contributed by atoms with Crippen molar-refractivity contribution in [1.82, 2.24) is 0 Å². The number of para-hydroxylation sites is 1. The number of carbonyl (C=O) groups excluding carboxylic acids is 2. The summed E-state index contributed by atoms with van der Waals surface area (Å²) in [4.78, 5) is 37.5. The Bertz CT molecular complexity index is 1170. The molecule has 1 heterocycles. The van der Waals surface area contributed by atoms with Crippen molar-refractivity contribution in [1.29, 1.82) is 0 Å². The van der Waals surface area contributed by atoms with E-state index in [4.69, 9.17) is 9.84 Å². The van der Waals surface area contributed by atoms with Crippen molar-refractivity contribution in [3.63, 3.8) is 0 Å². The van der Waals surface area contributed by atoms with Crippen molar-refractivity contribution >= 4 is 40.6 Å². The number of rotatable bonds is 6. The number of anilines is 1. The van der Waals surface area contributed by atoms with Gasteiger partial charge in [-0.1, -0.05) is 42.5 Å². The van der Waals surface area contributed by atoms with Crippen molar-refractivity contribution < 1.29 is 24.2 Å². The zero-order chi connectivity index (χ0) is 21.8. The molecule has 4 rings (SSSR count). The highest BCUT2D eigenvalue weighted by atomic mass is 32.2. The van der Waals surface area contributed by atoms with E-state index in [1.54, 1.807) is 72.8 Å². The fourth-order valence-electron chi connectivity index (χ4n) is 3.04. The summed E-state index contributed by atoms with van der Waals surface area (Å²) in [6.07, 6.45) is 1.67.